The molecule has 6 nitrogen and oxygen atoms in total. The normalized spacial score (nSPS) is 10.6. The Morgan fingerprint density at radius 1 is 1.18 bits per heavy atom. The van der Waals surface area contributed by atoms with Gasteiger partial charge in [0, 0.05) is 16.8 Å². The number of benzene rings is 2. The molecule has 0 unspecified atom stereocenters. The fourth-order valence-electron chi connectivity index (χ4n) is 2.39. The van der Waals surface area contributed by atoms with Crippen molar-refractivity contribution in [3.05, 3.63) is 52.5 Å². The molecule has 0 atom stereocenters. The molecular weight excluding hydrogens is 416 g/mol. The van der Waals surface area contributed by atoms with Crippen molar-refractivity contribution in [3.63, 3.8) is 0 Å². The molecule has 0 saturated carbocycles. The van der Waals surface area contributed by atoms with Crippen LogP contribution in [0.25, 0.3) is 0 Å². The number of anilines is 3. The highest BCUT2D eigenvalue weighted by Crippen LogP contribution is 2.32. The first-order valence-corrected chi connectivity index (χ1v) is 10.6. The number of nitrogens with zero attached hydrogens (tertiary/aromatic N) is 2. The first-order valence-electron chi connectivity index (χ1n) is 8.39. The second kappa shape index (κ2) is 9.27. The Bertz CT molecular complexity index is 994. The summed E-state index contributed by atoms with van der Waals surface area (Å²) in [5.74, 6) is 0.576. The Kier molecular flexibility index (Phi) is 6.77. The van der Waals surface area contributed by atoms with Crippen LogP contribution in [0.1, 0.15) is 11.1 Å². The molecular formula is C19H19ClN4O2S2. The predicted octanol–water partition coefficient (Wildman–Crippen LogP) is 5.29. The van der Waals surface area contributed by atoms with Gasteiger partial charge in [0.15, 0.2) is 4.34 Å². The fraction of sp³-hybridized carbons (Fsp3) is 0.211. The molecule has 0 aliphatic heterocycles. The van der Waals surface area contributed by atoms with Crippen LogP contribution < -0.4 is 15.4 Å². The maximum atomic E-state index is 12.3. The van der Waals surface area contributed by atoms with Gasteiger partial charge in [-0.2, -0.15) is 0 Å². The topological polar surface area (TPSA) is 76.1 Å². The number of ether oxygens (including phenoxy) is 1. The van der Waals surface area contributed by atoms with E-state index in [0.29, 0.717) is 25.9 Å². The quantitative estimate of drug-likeness (QED) is 0.492. The van der Waals surface area contributed by atoms with Crippen molar-refractivity contribution in [3.8, 4) is 5.75 Å². The minimum atomic E-state index is -0.159. The fourth-order valence-corrected chi connectivity index (χ4v) is 4.11. The first-order chi connectivity index (χ1) is 13.5. The summed E-state index contributed by atoms with van der Waals surface area (Å²) >= 11 is 8.83. The molecule has 2 N–H and O–H groups in total. The van der Waals surface area contributed by atoms with Gasteiger partial charge in [-0.25, -0.2) is 0 Å². The predicted molar refractivity (Wildman–Crippen MR) is 116 cm³/mol. The number of thioether (sulfide) groups is 1. The van der Waals surface area contributed by atoms with Gasteiger partial charge in [0.05, 0.1) is 18.6 Å². The Hall–Kier alpha value is -2.29. The van der Waals surface area contributed by atoms with Crippen molar-refractivity contribution in [1.29, 1.82) is 0 Å². The SMILES string of the molecule is COc1cc(Cl)c(C)cc1NC(=O)CSc1nnc(Nc2ccccc2C)s1. The highest BCUT2D eigenvalue weighted by Gasteiger charge is 2.13. The summed E-state index contributed by atoms with van der Waals surface area (Å²) in [5.41, 5.74) is 3.56. The standard InChI is InChI=1S/C19H19ClN4O2S2/c1-11-6-4-5-7-14(11)22-18-23-24-19(28-18)27-10-17(25)21-15-8-12(2)13(20)9-16(15)26-3/h4-9H,10H2,1-3H3,(H,21,25)(H,22,23). The highest BCUT2D eigenvalue weighted by molar-refractivity contribution is 8.01. The van der Waals surface area contributed by atoms with Crippen molar-refractivity contribution in [2.45, 2.75) is 18.2 Å². The largest absolute Gasteiger partial charge is 0.495 e. The van der Waals surface area contributed by atoms with E-state index < -0.39 is 0 Å². The minimum absolute atomic E-state index is 0.159. The van der Waals surface area contributed by atoms with Crippen molar-refractivity contribution < 1.29 is 9.53 Å². The summed E-state index contributed by atoms with van der Waals surface area (Å²) in [6.07, 6.45) is 0. The van der Waals surface area contributed by atoms with E-state index in [-0.39, 0.29) is 11.7 Å². The van der Waals surface area contributed by atoms with Gasteiger partial charge in [-0.3, -0.25) is 4.79 Å². The lowest BCUT2D eigenvalue weighted by Gasteiger charge is -2.11. The number of aromatic nitrogens is 2. The van der Waals surface area contributed by atoms with E-state index in [9.17, 15) is 4.79 Å². The molecule has 1 heterocycles. The van der Waals surface area contributed by atoms with Crippen LogP contribution in [0, 0.1) is 13.8 Å². The number of amides is 1. The molecule has 1 amide bonds. The van der Waals surface area contributed by atoms with E-state index in [2.05, 4.69) is 20.8 Å². The molecule has 3 rings (SSSR count). The lowest BCUT2D eigenvalue weighted by molar-refractivity contribution is -0.113. The van der Waals surface area contributed by atoms with E-state index in [1.165, 1.54) is 30.2 Å². The van der Waals surface area contributed by atoms with Crippen LogP contribution >= 0.6 is 34.7 Å². The number of hydrogen-bond donors (Lipinski definition) is 2. The summed E-state index contributed by atoms with van der Waals surface area (Å²) in [5, 5.41) is 15.6. The number of nitrogens with one attached hydrogen (secondary N) is 2. The summed E-state index contributed by atoms with van der Waals surface area (Å²) < 4.78 is 5.99. The summed E-state index contributed by atoms with van der Waals surface area (Å²) in [4.78, 5) is 12.3. The van der Waals surface area contributed by atoms with Gasteiger partial charge in [-0.1, -0.05) is 52.9 Å². The monoisotopic (exact) mass is 434 g/mol. The van der Waals surface area contributed by atoms with Crippen molar-refractivity contribution >= 4 is 57.1 Å². The lowest BCUT2D eigenvalue weighted by Crippen LogP contribution is -2.14. The van der Waals surface area contributed by atoms with Crippen LogP contribution in [0.15, 0.2) is 40.7 Å². The summed E-state index contributed by atoms with van der Waals surface area (Å²) in [7, 11) is 1.54. The Labute approximate surface area is 176 Å². The third kappa shape index (κ3) is 5.15. The molecule has 2 aromatic carbocycles. The number of rotatable bonds is 7. The Morgan fingerprint density at radius 2 is 1.96 bits per heavy atom. The van der Waals surface area contributed by atoms with E-state index in [1.807, 2.05) is 38.1 Å². The van der Waals surface area contributed by atoms with Crippen LogP contribution in [0.2, 0.25) is 5.02 Å². The number of para-hydroxylation sites is 1. The zero-order valence-corrected chi connectivity index (χ0v) is 18.0. The maximum absolute atomic E-state index is 12.3. The van der Waals surface area contributed by atoms with Gasteiger partial charge >= 0.3 is 0 Å². The van der Waals surface area contributed by atoms with E-state index in [0.717, 1.165) is 16.8 Å². The maximum Gasteiger partial charge on any atom is 0.234 e. The summed E-state index contributed by atoms with van der Waals surface area (Å²) in [6.45, 7) is 3.90. The van der Waals surface area contributed by atoms with Crippen LogP contribution in [0.4, 0.5) is 16.5 Å². The molecule has 0 radical (unpaired) electrons. The molecule has 0 aliphatic rings. The van der Waals surface area contributed by atoms with Gasteiger partial charge in [-0.15, -0.1) is 10.2 Å². The summed E-state index contributed by atoms with van der Waals surface area (Å²) in [6, 6.07) is 11.4. The molecule has 146 valence electrons. The molecule has 0 spiro atoms. The van der Waals surface area contributed by atoms with Crippen molar-refractivity contribution in [1.82, 2.24) is 10.2 Å². The molecule has 0 saturated heterocycles. The molecule has 0 bridgehead atoms. The molecule has 1 aromatic heterocycles. The van der Waals surface area contributed by atoms with E-state index in [4.69, 9.17) is 16.3 Å². The Morgan fingerprint density at radius 3 is 2.71 bits per heavy atom. The lowest BCUT2D eigenvalue weighted by atomic mass is 10.2. The van der Waals surface area contributed by atoms with Crippen LogP contribution in [0.3, 0.4) is 0 Å². The molecule has 0 aliphatic carbocycles. The third-order valence-electron chi connectivity index (χ3n) is 3.87. The van der Waals surface area contributed by atoms with Crippen LogP contribution in [-0.2, 0) is 4.79 Å². The zero-order chi connectivity index (χ0) is 20.1. The number of carbonyl (C=O) groups excluding carboxylic acids is 1. The minimum Gasteiger partial charge on any atom is -0.495 e. The highest BCUT2D eigenvalue weighted by atomic mass is 35.5. The number of hydrogen-bond acceptors (Lipinski definition) is 7. The smallest absolute Gasteiger partial charge is 0.234 e. The van der Waals surface area contributed by atoms with E-state index >= 15 is 0 Å². The van der Waals surface area contributed by atoms with Gasteiger partial charge in [0.25, 0.3) is 0 Å². The van der Waals surface area contributed by atoms with Gasteiger partial charge < -0.3 is 15.4 Å². The van der Waals surface area contributed by atoms with Crippen molar-refractivity contribution in [2.75, 3.05) is 23.5 Å². The van der Waals surface area contributed by atoms with Crippen LogP contribution in [0.5, 0.6) is 5.75 Å². The zero-order valence-electron chi connectivity index (χ0n) is 15.6. The molecule has 0 fully saturated rings. The van der Waals surface area contributed by atoms with Gasteiger partial charge in [0.2, 0.25) is 11.0 Å². The number of halogens is 1. The number of carbonyl (C=O) groups is 1. The third-order valence-corrected chi connectivity index (χ3v) is 6.25. The average molecular weight is 435 g/mol. The molecule has 9 heteroatoms. The van der Waals surface area contributed by atoms with Crippen molar-refractivity contribution in [2.24, 2.45) is 0 Å². The average Bonchev–Trinajstić information content (AvgIpc) is 3.12. The molecule has 3 aromatic rings. The molecule has 28 heavy (non-hydrogen) atoms. The second-order valence-corrected chi connectivity index (χ2v) is 8.56. The Balaban J connectivity index is 1.58. The number of aryl methyl sites for hydroxylation is 2. The number of methoxy groups -OCH3 is 1. The van der Waals surface area contributed by atoms with Gasteiger partial charge in [0.1, 0.15) is 5.75 Å². The first kappa shape index (κ1) is 20.4. The second-order valence-electron chi connectivity index (χ2n) is 5.95. The van der Waals surface area contributed by atoms with E-state index in [1.54, 1.807) is 12.1 Å². The van der Waals surface area contributed by atoms with Gasteiger partial charge in [-0.05, 0) is 37.1 Å². The van der Waals surface area contributed by atoms with Crippen LogP contribution in [-0.4, -0.2) is 29.0 Å².